The molecule has 1 N–H and O–H groups in total. The van der Waals surface area contributed by atoms with Crippen molar-refractivity contribution in [1.82, 2.24) is 9.29 Å². The number of amides is 1. The molecule has 0 aliphatic carbocycles. The number of sulfonamides is 1. The third-order valence-electron chi connectivity index (χ3n) is 3.96. The minimum atomic E-state index is -3.56. The number of pyridine rings is 1. The van der Waals surface area contributed by atoms with E-state index in [0.717, 1.165) is 20.8 Å². The lowest BCUT2D eigenvalue weighted by Gasteiger charge is -2.12. The predicted octanol–water partition coefficient (Wildman–Crippen LogP) is 3.14. The number of fused-ring (bicyclic) bond motifs is 1. The molecule has 0 atom stereocenters. The van der Waals surface area contributed by atoms with Crippen LogP contribution in [0, 0.1) is 0 Å². The van der Waals surface area contributed by atoms with Gasteiger partial charge in [-0.2, -0.15) is 0 Å². The quantitative estimate of drug-likeness (QED) is 0.689. The van der Waals surface area contributed by atoms with Crippen molar-refractivity contribution in [3.63, 3.8) is 0 Å². The van der Waals surface area contributed by atoms with E-state index in [-0.39, 0.29) is 10.8 Å². The Morgan fingerprint density at radius 1 is 1.07 bits per heavy atom. The fourth-order valence-electron chi connectivity index (χ4n) is 2.56. The first kappa shape index (κ1) is 18.8. The van der Waals surface area contributed by atoms with Crippen molar-refractivity contribution in [2.24, 2.45) is 0 Å². The molecule has 1 amide bonds. The minimum Gasteiger partial charge on any atom is -0.322 e. The van der Waals surface area contributed by atoms with E-state index in [1.807, 2.05) is 30.3 Å². The summed E-state index contributed by atoms with van der Waals surface area (Å²) in [6, 6.07) is 15.7. The highest BCUT2D eigenvalue weighted by Crippen LogP contribution is 2.19. The normalized spacial score (nSPS) is 12.0. The summed E-state index contributed by atoms with van der Waals surface area (Å²) in [4.78, 5) is 16.7. The first-order chi connectivity index (χ1) is 12.9. The summed E-state index contributed by atoms with van der Waals surface area (Å²) >= 11 is 0. The van der Waals surface area contributed by atoms with Gasteiger partial charge in [-0.05, 0) is 30.3 Å². The van der Waals surface area contributed by atoms with Crippen LogP contribution in [0.3, 0.4) is 0 Å². The molecule has 138 valence electrons. The number of nitrogens with zero attached hydrogens (tertiary/aromatic N) is 2. The SMILES string of the molecule is CN(C)S(=O)(=O)c1cccc(NC(=O)/C=C/c2cccc3cccnc23)c1. The number of rotatable bonds is 5. The summed E-state index contributed by atoms with van der Waals surface area (Å²) in [6.07, 6.45) is 4.79. The number of para-hydroxylation sites is 1. The van der Waals surface area contributed by atoms with E-state index in [9.17, 15) is 13.2 Å². The lowest BCUT2D eigenvalue weighted by molar-refractivity contribution is -0.111. The molecule has 2 aromatic carbocycles. The molecule has 0 fully saturated rings. The summed E-state index contributed by atoms with van der Waals surface area (Å²) in [7, 11) is -0.639. The average molecular weight is 381 g/mol. The van der Waals surface area contributed by atoms with Crippen LogP contribution in [0.4, 0.5) is 5.69 Å². The Kier molecular flexibility index (Phi) is 5.34. The van der Waals surface area contributed by atoms with Crippen LogP contribution in [0.5, 0.6) is 0 Å². The van der Waals surface area contributed by atoms with E-state index in [1.165, 1.54) is 32.3 Å². The van der Waals surface area contributed by atoms with E-state index in [4.69, 9.17) is 0 Å². The number of hydrogen-bond acceptors (Lipinski definition) is 4. The molecule has 1 heterocycles. The molecule has 3 aromatic rings. The van der Waals surface area contributed by atoms with Crippen LogP contribution < -0.4 is 5.32 Å². The van der Waals surface area contributed by atoms with Crippen LogP contribution in [0.1, 0.15) is 5.56 Å². The standard InChI is InChI=1S/C20H19N3O3S/c1-23(2)27(25,26)18-10-4-9-17(14-18)22-19(24)12-11-16-7-3-6-15-8-5-13-21-20(15)16/h3-14H,1-2H3,(H,22,24)/b12-11+. The highest BCUT2D eigenvalue weighted by molar-refractivity contribution is 7.89. The van der Waals surface area contributed by atoms with E-state index < -0.39 is 10.0 Å². The molecule has 27 heavy (non-hydrogen) atoms. The van der Waals surface area contributed by atoms with E-state index in [0.29, 0.717) is 5.69 Å². The van der Waals surface area contributed by atoms with Gasteiger partial charge in [-0.15, -0.1) is 0 Å². The maximum absolute atomic E-state index is 12.2. The Morgan fingerprint density at radius 3 is 2.59 bits per heavy atom. The Bertz CT molecular complexity index is 1120. The summed E-state index contributed by atoms with van der Waals surface area (Å²) in [5.74, 6) is -0.359. The zero-order chi connectivity index (χ0) is 19.4. The zero-order valence-corrected chi connectivity index (χ0v) is 15.8. The molecular formula is C20H19N3O3S. The number of carbonyl (C=O) groups is 1. The second kappa shape index (κ2) is 7.69. The van der Waals surface area contributed by atoms with E-state index in [2.05, 4.69) is 10.3 Å². The molecule has 0 aliphatic rings. The van der Waals surface area contributed by atoms with Crippen LogP contribution >= 0.6 is 0 Å². The highest BCUT2D eigenvalue weighted by atomic mass is 32.2. The fourth-order valence-corrected chi connectivity index (χ4v) is 3.50. The molecule has 6 nitrogen and oxygen atoms in total. The Hall–Kier alpha value is -3.03. The zero-order valence-electron chi connectivity index (χ0n) is 15.0. The van der Waals surface area contributed by atoms with Crippen molar-refractivity contribution in [2.75, 3.05) is 19.4 Å². The minimum absolute atomic E-state index is 0.118. The molecular weight excluding hydrogens is 362 g/mol. The molecule has 0 bridgehead atoms. The average Bonchev–Trinajstić information content (AvgIpc) is 2.66. The molecule has 0 unspecified atom stereocenters. The van der Waals surface area contributed by atoms with Gasteiger partial charge < -0.3 is 5.32 Å². The van der Waals surface area contributed by atoms with Gasteiger partial charge >= 0.3 is 0 Å². The van der Waals surface area contributed by atoms with Gasteiger partial charge in [0.2, 0.25) is 15.9 Å². The second-order valence-corrected chi connectivity index (χ2v) is 8.21. The van der Waals surface area contributed by atoms with Crippen LogP contribution in [0.2, 0.25) is 0 Å². The van der Waals surface area contributed by atoms with Crippen LogP contribution in [-0.4, -0.2) is 37.7 Å². The molecule has 1 aromatic heterocycles. The van der Waals surface area contributed by atoms with Crippen molar-refractivity contribution >= 4 is 38.6 Å². The van der Waals surface area contributed by atoms with Crippen LogP contribution in [-0.2, 0) is 14.8 Å². The number of nitrogens with one attached hydrogen (secondary N) is 1. The smallest absolute Gasteiger partial charge is 0.248 e. The molecule has 7 heteroatoms. The van der Waals surface area contributed by atoms with Crippen molar-refractivity contribution in [3.8, 4) is 0 Å². The van der Waals surface area contributed by atoms with E-state index in [1.54, 1.807) is 24.4 Å². The summed E-state index contributed by atoms with van der Waals surface area (Å²) < 4.78 is 25.5. The van der Waals surface area contributed by atoms with Gasteiger partial charge in [0.1, 0.15) is 0 Å². The lowest BCUT2D eigenvalue weighted by atomic mass is 10.1. The van der Waals surface area contributed by atoms with E-state index >= 15 is 0 Å². The number of anilines is 1. The summed E-state index contributed by atoms with van der Waals surface area (Å²) in [6.45, 7) is 0. The number of aromatic nitrogens is 1. The van der Waals surface area contributed by atoms with Crippen molar-refractivity contribution in [1.29, 1.82) is 0 Å². The maximum atomic E-state index is 12.2. The predicted molar refractivity (Wildman–Crippen MR) is 107 cm³/mol. The molecule has 0 saturated heterocycles. The number of benzene rings is 2. The van der Waals surface area contributed by atoms with Gasteiger partial charge in [0.25, 0.3) is 0 Å². The largest absolute Gasteiger partial charge is 0.322 e. The Labute approximate surface area is 158 Å². The van der Waals surface area contributed by atoms with Crippen molar-refractivity contribution in [3.05, 3.63) is 72.4 Å². The molecule has 0 radical (unpaired) electrons. The van der Waals surface area contributed by atoms with Crippen molar-refractivity contribution < 1.29 is 13.2 Å². The van der Waals surface area contributed by atoms with Gasteiger partial charge in [0.15, 0.2) is 0 Å². The molecule has 3 rings (SSSR count). The fraction of sp³-hybridized carbons (Fsp3) is 0.100. The third kappa shape index (κ3) is 4.21. The van der Waals surface area contributed by atoms with Crippen LogP contribution in [0.25, 0.3) is 17.0 Å². The number of carbonyl (C=O) groups excluding carboxylic acids is 1. The summed E-state index contributed by atoms with van der Waals surface area (Å²) in [5, 5.41) is 3.67. The topological polar surface area (TPSA) is 79.4 Å². The molecule has 0 saturated carbocycles. The van der Waals surface area contributed by atoms with Gasteiger partial charge in [-0.25, -0.2) is 12.7 Å². The lowest BCUT2D eigenvalue weighted by Crippen LogP contribution is -2.22. The highest BCUT2D eigenvalue weighted by Gasteiger charge is 2.17. The Morgan fingerprint density at radius 2 is 1.81 bits per heavy atom. The summed E-state index contributed by atoms with van der Waals surface area (Å²) in [5.41, 5.74) is 2.04. The van der Waals surface area contributed by atoms with Gasteiger partial charge in [-0.1, -0.05) is 30.3 Å². The number of hydrogen-bond donors (Lipinski definition) is 1. The first-order valence-corrected chi connectivity index (χ1v) is 9.67. The second-order valence-electron chi connectivity index (χ2n) is 6.06. The molecule has 0 aliphatic heterocycles. The molecule has 0 spiro atoms. The first-order valence-electron chi connectivity index (χ1n) is 8.23. The maximum Gasteiger partial charge on any atom is 0.248 e. The van der Waals surface area contributed by atoms with Crippen LogP contribution in [0.15, 0.2) is 71.8 Å². The van der Waals surface area contributed by atoms with Gasteiger partial charge in [0, 0.05) is 43.0 Å². The van der Waals surface area contributed by atoms with Gasteiger partial charge in [0.05, 0.1) is 10.4 Å². The van der Waals surface area contributed by atoms with Gasteiger partial charge in [-0.3, -0.25) is 9.78 Å². The third-order valence-corrected chi connectivity index (χ3v) is 5.77. The monoisotopic (exact) mass is 381 g/mol. The van der Waals surface area contributed by atoms with Crippen molar-refractivity contribution in [2.45, 2.75) is 4.90 Å². The Balaban J connectivity index is 1.79.